The molecular weight excluding hydrogens is 404 g/mol. The van der Waals surface area contributed by atoms with Gasteiger partial charge in [-0.05, 0) is 41.8 Å². The van der Waals surface area contributed by atoms with Gasteiger partial charge in [0.2, 0.25) is 0 Å². The molecule has 2 N–H and O–H groups in total. The van der Waals surface area contributed by atoms with Crippen LogP contribution in [0.25, 0.3) is 0 Å². The Morgan fingerprint density at radius 1 is 1.03 bits per heavy atom. The fourth-order valence-electron chi connectivity index (χ4n) is 3.15. The van der Waals surface area contributed by atoms with Crippen LogP contribution in [0.5, 0.6) is 11.5 Å². The third-order valence-corrected chi connectivity index (χ3v) is 4.67. The molecular formula is C26H24N2O4. The van der Waals surface area contributed by atoms with E-state index >= 15 is 0 Å². The first-order valence-electron chi connectivity index (χ1n) is 10.1. The maximum absolute atomic E-state index is 13.1. The minimum atomic E-state index is -1.90. The molecule has 32 heavy (non-hydrogen) atoms. The summed E-state index contributed by atoms with van der Waals surface area (Å²) in [5.74, 6) is 2.78. The van der Waals surface area contributed by atoms with Crippen LogP contribution in [0.15, 0.2) is 84.0 Å². The smallest absolute Gasteiger partial charge is 0.281 e. The topological polar surface area (TPSA) is 80.2 Å². The van der Waals surface area contributed by atoms with Crippen molar-refractivity contribution in [3.8, 4) is 23.8 Å². The number of aliphatic hydroxyl groups is 1. The van der Waals surface area contributed by atoms with E-state index in [-0.39, 0.29) is 6.61 Å². The molecule has 0 heterocycles. The highest BCUT2D eigenvalue weighted by atomic mass is 16.5. The zero-order valence-electron chi connectivity index (χ0n) is 17.7. The molecule has 0 aliphatic heterocycles. The summed E-state index contributed by atoms with van der Waals surface area (Å²) in [7, 11) is 0. The average molecular weight is 428 g/mol. The van der Waals surface area contributed by atoms with E-state index in [0.717, 1.165) is 0 Å². The summed E-state index contributed by atoms with van der Waals surface area (Å²) >= 11 is 0. The maximum Gasteiger partial charge on any atom is 0.281 e. The Hall–Kier alpha value is -4.08. The highest BCUT2D eigenvalue weighted by Gasteiger charge is 2.39. The van der Waals surface area contributed by atoms with Gasteiger partial charge in [0.1, 0.15) is 6.61 Å². The highest BCUT2D eigenvalue weighted by Crippen LogP contribution is 2.30. The van der Waals surface area contributed by atoms with Gasteiger partial charge < -0.3 is 14.6 Å². The van der Waals surface area contributed by atoms with Crippen molar-refractivity contribution in [2.45, 2.75) is 12.5 Å². The second-order valence-corrected chi connectivity index (χ2v) is 6.77. The molecule has 0 aliphatic rings. The van der Waals surface area contributed by atoms with E-state index in [2.05, 4.69) is 16.4 Å². The number of nitrogens with one attached hydrogen (secondary N) is 1. The van der Waals surface area contributed by atoms with E-state index in [4.69, 9.17) is 15.9 Å². The van der Waals surface area contributed by atoms with Crippen molar-refractivity contribution in [3.63, 3.8) is 0 Å². The number of terminal acetylenes is 1. The zero-order valence-corrected chi connectivity index (χ0v) is 17.7. The van der Waals surface area contributed by atoms with Crippen LogP contribution in [0, 0.1) is 12.3 Å². The molecule has 6 heteroatoms. The molecule has 3 aromatic rings. The molecule has 0 radical (unpaired) electrons. The number of amides is 1. The van der Waals surface area contributed by atoms with Gasteiger partial charge in [-0.2, -0.15) is 5.10 Å². The van der Waals surface area contributed by atoms with E-state index in [0.29, 0.717) is 34.8 Å². The van der Waals surface area contributed by atoms with E-state index in [9.17, 15) is 9.90 Å². The Labute approximate surface area is 187 Å². The molecule has 0 saturated carbocycles. The summed E-state index contributed by atoms with van der Waals surface area (Å²) in [4.78, 5) is 13.1. The predicted molar refractivity (Wildman–Crippen MR) is 124 cm³/mol. The van der Waals surface area contributed by atoms with Crippen LogP contribution in [0.2, 0.25) is 0 Å². The summed E-state index contributed by atoms with van der Waals surface area (Å²) in [5, 5.41) is 15.5. The number of ether oxygens (including phenoxy) is 2. The molecule has 0 bridgehead atoms. The fourth-order valence-corrected chi connectivity index (χ4v) is 3.15. The molecule has 162 valence electrons. The second-order valence-electron chi connectivity index (χ2n) is 6.77. The number of hydrogen-bond acceptors (Lipinski definition) is 5. The van der Waals surface area contributed by atoms with Crippen molar-refractivity contribution in [3.05, 3.63) is 95.6 Å². The van der Waals surface area contributed by atoms with Crippen molar-refractivity contribution in [1.29, 1.82) is 0 Å². The molecule has 0 fully saturated rings. The number of hydrogen-bond donors (Lipinski definition) is 2. The van der Waals surface area contributed by atoms with E-state index in [1.165, 1.54) is 6.21 Å². The summed E-state index contributed by atoms with van der Waals surface area (Å²) in [5.41, 5.74) is 2.10. The van der Waals surface area contributed by atoms with Gasteiger partial charge in [-0.15, -0.1) is 6.42 Å². The molecule has 0 saturated heterocycles. The zero-order chi connectivity index (χ0) is 22.8. The minimum absolute atomic E-state index is 0.126. The van der Waals surface area contributed by atoms with Gasteiger partial charge in [0, 0.05) is 0 Å². The molecule has 0 aliphatic carbocycles. The molecule has 1 amide bonds. The number of rotatable bonds is 9. The largest absolute Gasteiger partial charge is 0.490 e. The van der Waals surface area contributed by atoms with Gasteiger partial charge >= 0.3 is 0 Å². The first-order valence-corrected chi connectivity index (χ1v) is 10.1. The van der Waals surface area contributed by atoms with Crippen LogP contribution in [0.1, 0.15) is 23.6 Å². The summed E-state index contributed by atoms with van der Waals surface area (Å²) in [6.07, 6.45) is 6.71. The predicted octanol–water partition coefficient (Wildman–Crippen LogP) is 3.48. The molecule has 0 atom stereocenters. The Bertz CT molecular complexity index is 1070. The minimum Gasteiger partial charge on any atom is -0.490 e. The van der Waals surface area contributed by atoms with Gasteiger partial charge in [-0.25, -0.2) is 5.43 Å². The molecule has 0 spiro atoms. The van der Waals surface area contributed by atoms with Crippen molar-refractivity contribution in [2.75, 3.05) is 13.2 Å². The highest BCUT2D eigenvalue weighted by molar-refractivity contribution is 5.91. The molecule has 3 aromatic carbocycles. The summed E-state index contributed by atoms with van der Waals surface area (Å²) in [6, 6.07) is 22.7. The van der Waals surface area contributed by atoms with Crippen molar-refractivity contribution >= 4 is 12.1 Å². The van der Waals surface area contributed by atoms with Crippen molar-refractivity contribution < 1.29 is 19.4 Å². The van der Waals surface area contributed by atoms with E-state index < -0.39 is 11.5 Å². The van der Waals surface area contributed by atoms with Crippen molar-refractivity contribution in [1.82, 2.24) is 5.43 Å². The number of hydrazone groups is 1. The van der Waals surface area contributed by atoms with Crippen LogP contribution < -0.4 is 14.9 Å². The van der Waals surface area contributed by atoms with Gasteiger partial charge in [-0.3, -0.25) is 4.79 Å². The lowest BCUT2D eigenvalue weighted by molar-refractivity contribution is -0.136. The van der Waals surface area contributed by atoms with Gasteiger partial charge in [0.25, 0.3) is 5.91 Å². The lowest BCUT2D eigenvalue weighted by Crippen LogP contribution is -2.43. The Morgan fingerprint density at radius 3 is 2.22 bits per heavy atom. The summed E-state index contributed by atoms with van der Waals surface area (Å²) in [6.45, 7) is 2.44. The van der Waals surface area contributed by atoms with Crippen LogP contribution in [0.3, 0.4) is 0 Å². The SMILES string of the molecule is C#CCOc1ccc(/C=N/NC(=O)C(O)(c2ccccc2)c2ccccc2)cc1OCC. The van der Waals surface area contributed by atoms with Crippen LogP contribution >= 0.6 is 0 Å². The molecule has 0 unspecified atom stereocenters. The standard InChI is InChI=1S/C26H24N2O4/c1-3-17-32-23-16-15-20(18-24(23)31-4-2)19-27-28-25(29)26(30,21-11-7-5-8-12-21)22-13-9-6-10-14-22/h1,5-16,18-19,30H,4,17H2,2H3,(H,28,29)/b27-19+. The fraction of sp³-hybridized carbons (Fsp3) is 0.154. The number of nitrogens with zero attached hydrogens (tertiary/aromatic N) is 1. The molecule has 6 nitrogen and oxygen atoms in total. The first-order chi connectivity index (χ1) is 15.6. The van der Waals surface area contributed by atoms with Crippen LogP contribution in [0.4, 0.5) is 0 Å². The normalized spacial score (nSPS) is 11.0. The third-order valence-electron chi connectivity index (χ3n) is 4.67. The molecule has 0 aromatic heterocycles. The van der Waals surface area contributed by atoms with Crippen molar-refractivity contribution in [2.24, 2.45) is 5.10 Å². The van der Waals surface area contributed by atoms with Crippen LogP contribution in [-0.2, 0) is 10.4 Å². The number of carbonyl (C=O) groups is 1. The first kappa shape index (κ1) is 22.6. The maximum atomic E-state index is 13.1. The van der Waals surface area contributed by atoms with Crippen LogP contribution in [-0.4, -0.2) is 30.4 Å². The van der Waals surface area contributed by atoms with Gasteiger partial charge in [-0.1, -0.05) is 66.6 Å². The second kappa shape index (κ2) is 10.8. The molecule has 3 rings (SSSR count). The quantitative estimate of drug-likeness (QED) is 0.311. The Balaban J connectivity index is 1.82. The summed E-state index contributed by atoms with van der Waals surface area (Å²) < 4.78 is 11.1. The lowest BCUT2D eigenvalue weighted by atomic mass is 9.85. The Kier molecular flexibility index (Phi) is 7.63. The van der Waals surface area contributed by atoms with Gasteiger partial charge in [0.15, 0.2) is 17.1 Å². The lowest BCUT2D eigenvalue weighted by Gasteiger charge is -2.27. The van der Waals surface area contributed by atoms with Gasteiger partial charge in [0.05, 0.1) is 12.8 Å². The monoisotopic (exact) mass is 428 g/mol. The third kappa shape index (κ3) is 5.15. The van der Waals surface area contributed by atoms with E-state index in [1.54, 1.807) is 66.7 Å². The van der Waals surface area contributed by atoms with E-state index in [1.807, 2.05) is 19.1 Å². The average Bonchev–Trinajstić information content (AvgIpc) is 2.84. The number of carbonyl (C=O) groups excluding carboxylic acids is 1. The Morgan fingerprint density at radius 2 is 1.66 bits per heavy atom. The number of benzene rings is 3.